The number of carbonyl (C=O) groups is 2. The third-order valence-corrected chi connectivity index (χ3v) is 2.69. The molecule has 0 fully saturated rings. The standard InChI is InChI=1S/C13H11BrO4.2Na/c1-8(6-12(15)16)11(13(17)18)7-9-2-4-10(14)5-3-9;;/h2-7H,1H3,(H,15,16)(H,17,18);;/q;2*+1/p-2. The molecule has 0 N–H and O–H groups in total. The average Bonchev–Trinajstić information content (AvgIpc) is 2.26. The normalized spacial score (nSPS) is 11.1. The quantitative estimate of drug-likeness (QED) is 0.306. The van der Waals surface area contributed by atoms with Crippen LogP contribution in [0.15, 0.2) is 46.0 Å². The topological polar surface area (TPSA) is 80.3 Å². The molecule has 0 saturated heterocycles. The van der Waals surface area contributed by atoms with E-state index >= 15 is 0 Å². The van der Waals surface area contributed by atoms with Crippen LogP contribution in [0.3, 0.4) is 0 Å². The number of carboxylic acids is 2. The summed E-state index contributed by atoms with van der Waals surface area (Å²) in [6.45, 7) is 1.37. The molecule has 0 spiro atoms. The van der Waals surface area contributed by atoms with Crippen LogP contribution in [0.2, 0.25) is 0 Å². The van der Waals surface area contributed by atoms with Crippen LogP contribution in [0.4, 0.5) is 0 Å². The summed E-state index contributed by atoms with van der Waals surface area (Å²) in [5.74, 6) is -2.89. The van der Waals surface area contributed by atoms with Crippen LogP contribution in [0.25, 0.3) is 6.08 Å². The molecule has 0 aromatic heterocycles. The number of halogens is 1. The van der Waals surface area contributed by atoms with E-state index in [0.29, 0.717) is 5.56 Å². The molecule has 94 valence electrons. The van der Waals surface area contributed by atoms with Crippen molar-refractivity contribution < 1.29 is 78.9 Å². The van der Waals surface area contributed by atoms with Gasteiger partial charge < -0.3 is 19.8 Å². The maximum Gasteiger partial charge on any atom is 1.00 e. The molecule has 0 bridgehead atoms. The van der Waals surface area contributed by atoms with Crippen molar-refractivity contribution in [2.75, 3.05) is 0 Å². The molecular weight excluding hydrogens is 346 g/mol. The van der Waals surface area contributed by atoms with Gasteiger partial charge in [-0.25, -0.2) is 0 Å². The van der Waals surface area contributed by atoms with Crippen molar-refractivity contribution in [3.05, 3.63) is 51.5 Å². The van der Waals surface area contributed by atoms with Gasteiger partial charge in [0, 0.05) is 10.0 Å². The number of hydrogen-bond donors (Lipinski definition) is 0. The van der Waals surface area contributed by atoms with E-state index in [0.717, 1.165) is 10.5 Å². The first-order valence-corrected chi connectivity index (χ1v) is 5.77. The molecule has 0 saturated carbocycles. The Morgan fingerprint density at radius 3 is 2.00 bits per heavy atom. The zero-order valence-corrected chi connectivity index (χ0v) is 17.1. The molecule has 0 atom stereocenters. The molecule has 0 aliphatic heterocycles. The summed E-state index contributed by atoms with van der Waals surface area (Å²) in [5, 5.41) is 21.4. The zero-order chi connectivity index (χ0) is 13.7. The van der Waals surface area contributed by atoms with Crippen LogP contribution in [0, 0.1) is 0 Å². The second kappa shape index (κ2) is 10.8. The Labute approximate surface area is 169 Å². The average molecular weight is 355 g/mol. The number of hydrogen-bond acceptors (Lipinski definition) is 4. The van der Waals surface area contributed by atoms with E-state index in [1.165, 1.54) is 13.0 Å². The largest absolute Gasteiger partial charge is 1.00 e. The van der Waals surface area contributed by atoms with Crippen molar-refractivity contribution >= 4 is 33.9 Å². The minimum atomic E-state index is -1.45. The van der Waals surface area contributed by atoms with Gasteiger partial charge in [0.1, 0.15) is 0 Å². The summed E-state index contributed by atoms with van der Waals surface area (Å²) in [7, 11) is 0. The molecule has 0 heterocycles. The molecule has 20 heavy (non-hydrogen) atoms. The Hall–Kier alpha value is 0.120. The summed E-state index contributed by atoms with van der Waals surface area (Å²) in [6, 6.07) is 6.88. The van der Waals surface area contributed by atoms with Gasteiger partial charge in [-0.2, -0.15) is 0 Å². The summed E-state index contributed by atoms with van der Waals surface area (Å²) in [6.07, 6.45) is 2.07. The Bertz CT molecular complexity index is 536. The van der Waals surface area contributed by atoms with E-state index in [4.69, 9.17) is 0 Å². The monoisotopic (exact) mass is 354 g/mol. The fourth-order valence-electron chi connectivity index (χ4n) is 1.31. The fourth-order valence-corrected chi connectivity index (χ4v) is 1.58. The van der Waals surface area contributed by atoms with Crippen molar-refractivity contribution in [2.45, 2.75) is 6.92 Å². The molecule has 0 amide bonds. The summed E-state index contributed by atoms with van der Waals surface area (Å²) in [4.78, 5) is 21.4. The van der Waals surface area contributed by atoms with Gasteiger partial charge in [-0.15, -0.1) is 0 Å². The van der Waals surface area contributed by atoms with E-state index in [2.05, 4.69) is 15.9 Å². The van der Waals surface area contributed by atoms with E-state index < -0.39 is 11.9 Å². The molecule has 0 unspecified atom stereocenters. The SMILES string of the molecule is CC(=CC(=O)[O-])C(=Cc1ccc(Br)cc1)C(=O)[O-].[Na+].[Na+]. The predicted molar refractivity (Wildman–Crippen MR) is 65.9 cm³/mol. The molecule has 0 aliphatic carbocycles. The van der Waals surface area contributed by atoms with Gasteiger partial charge in [-0.1, -0.05) is 28.1 Å². The molecule has 4 nitrogen and oxygen atoms in total. The number of carboxylic acid groups (broad SMARTS) is 2. The van der Waals surface area contributed by atoms with Crippen molar-refractivity contribution in [1.82, 2.24) is 0 Å². The molecule has 1 aromatic rings. The van der Waals surface area contributed by atoms with Crippen molar-refractivity contribution in [1.29, 1.82) is 0 Å². The first kappa shape index (κ1) is 22.4. The summed E-state index contributed by atoms with van der Waals surface area (Å²) < 4.78 is 0.858. The van der Waals surface area contributed by atoms with Crippen molar-refractivity contribution in [2.24, 2.45) is 0 Å². The van der Waals surface area contributed by atoms with Crippen molar-refractivity contribution in [3.63, 3.8) is 0 Å². The number of carbonyl (C=O) groups excluding carboxylic acids is 2. The number of benzene rings is 1. The first-order valence-electron chi connectivity index (χ1n) is 4.98. The smallest absolute Gasteiger partial charge is 0.545 e. The van der Waals surface area contributed by atoms with Crippen LogP contribution < -0.4 is 69.3 Å². The van der Waals surface area contributed by atoms with Gasteiger partial charge in [-0.05, 0) is 42.3 Å². The van der Waals surface area contributed by atoms with Gasteiger partial charge in [0.15, 0.2) is 0 Å². The maximum atomic E-state index is 11.0. The minimum absolute atomic E-state index is 0. The second-order valence-corrected chi connectivity index (χ2v) is 4.46. The van der Waals surface area contributed by atoms with Crippen LogP contribution in [-0.4, -0.2) is 11.9 Å². The third kappa shape index (κ3) is 7.78. The molecule has 7 heteroatoms. The number of aliphatic carboxylic acids is 2. The maximum absolute atomic E-state index is 11.0. The Morgan fingerprint density at radius 2 is 1.60 bits per heavy atom. The van der Waals surface area contributed by atoms with Gasteiger partial charge >= 0.3 is 59.1 Å². The van der Waals surface area contributed by atoms with Crippen LogP contribution >= 0.6 is 15.9 Å². The van der Waals surface area contributed by atoms with E-state index in [-0.39, 0.29) is 70.3 Å². The van der Waals surface area contributed by atoms with Gasteiger partial charge in [-0.3, -0.25) is 0 Å². The van der Waals surface area contributed by atoms with E-state index in [9.17, 15) is 19.8 Å². The van der Waals surface area contributed by atoms with Crippen LogP contribution in [0.5, 0.6) is 0 Å². The Kier molecular flexibility index (Phi) is 12.1. The Balaban J connectivity index is 0. The molecular formula is C13H9BrNa2O4. The first-order chi connectivity index (χ1) is 8.40. The molecule has 1 rings (SSSR count). The van der Waals surface area contributed by atoms with Crippen molar-refractivity contribution in [3.8, 4) is 0 Å². The van der Waals surface area contributed by atoms with E-state index in [1.807, 2.05) is 0 Å². The molecule has 0 aliphatic rings. The van der Waals surface area contributed by atoms with Gasteiger partial charge in [0.05, 0.1) is 11.9 Å². The third-order valence-electron chi connectivity index (χ3n) is 2.16. The molecule has 0 radical (unpaired) electrons. The van der Waals surface area contributed by atoms with Gasteiger partial charge in [0.25, 0.3) is 0 Å². The van der Waals surface area contributed by atoms with Crippen LogP contribution in [-0.2, 0) is 9.59 Å². The summed E-state index contributed by atoms with van der Waals surface area (Å²) >= 11 is 3.26. The number of rotatable bonds is 4. The second-order valence-electron chi connectivity index (χ2n) is 3.54. The fraction of sp³-hybridized carbons (Fsp3) is 0.0769. The van der Waals surface area contributed by atoms with Crippen LogP contribution in [0.1, 0.15) is 12.5 Å². The van der Waals surface area contributed by atoms with E-state index in [1.54, 1.807) is 24.3 Å². The molecule has 1 aromatic carbocycles. The zero-order valence-electron chi connectivity index (χ0n) is 11.5. The minimum Gasteiger partial charge on any atom is -0.545 e. The Morgan fingerprint density at radius 1 is 1.10 bits per heavy atom. The summed E-state index contributed by atoms with van der Waals surface area (Å²) in [5.41, 5.74) is 0.503. The predicted octanol–water partition coefficient (Wildman–Crippen LogP) is -5.71. The van der Waals surface area contributed by atoms with Gasteiger partial charge in [0.2, 0.25) is 0 Å².